The molecular weight excluding hydrogens is 236 g/mol. The Morgan fingerprint density at radius 2 is 1.81 bits per heavy atom. The Labute approximate surface area is 109 Å². The van der Waals surface area contributed by atoms with E-state index in [1.54, 1.807) is 0 Å². The van der Waals surface area contributed by atoms with E-state index >= 15 is 0 Å². The second-order valence-electron chi connectivity index (χ2n) is 5.34. The zero-order valence-corrected chi connectivity index (χ0v) is 11.8. The number of thiol groups is 1. The molecule has 2 rings (SSSR count). The molecule has 0 radical (unpaired) electrons. The van der Waals surface area contributed by atoms with E-state index in [4.69, 9.17) is 4.74 Å². The summed E-state index contributed by atoms with van der Waals surface area (Å²) >= 11 is 6.80. The van der Waals surface area contributed by atoms with Crippen molar-refractivity contribution >= 4 is 24.4 Å². The molecule has 0 aromatic carbocycles. The minimum Gasteiger partial charge on any atom is -0.381 e. The molecule has 0 spiro atoms. The minimum atomic E-state index is 0.476. The molecule has 0 aromatic rings. The van der Waals surface area contributed by atoms with Gasteiger partial charge in [0, 0.05) is 24.2 Å². The van der Waals surface area contributed by atoms with Crippen molar-refractivity contribution in [3.63, 3.8) is 0 Å². The first kappa shape index (κ1) is 13.1. The molecule has 1 saturated carbocycles. The number of hydrogen-bond acceptors (Lipinski definition) is 3. The Balaban J connectivity index is 1.77. The van der Waals surface area contributed by atoms with Crippen LogP contribution in [0.3, 0.4) is 0 Å². The van der Waals surface area contributed by atoms with Crippen molar-refractivity contribution in [2.45, 2.75) is 50.2 Å². The van der Waals surface area contributed by atoms with Gasteiger partial charge in [0.15, 0.2) is 0 Å². The van der Waals surface area contributed by atoms with Crippen molar-refractivity contribution in [1.82, 2.24) is 0 Å². The lowest BCUT2D eigenvalue weighted by atomic mass is 9.84. The molecule has 0 atom stereocenters. The molecule has 1 nitrogen and oxygen atoms in total. The first-order valence-electron chi connectivity index (χ1n) is 6.65. The minimum absolute atomic E-state index is 0.476. The van der Waals surface area contributed by atoms with E-state index in [2.05, 4.69) is 24.4 Å². The summed E-state index contributed by atoms with van der Waals surface area (Å²) in [5.41, 5.74) is 0.476. The number of thioether (sulfide) groups is 1. The van der Waals surface area contributed by atoms with Crippen LogP contribution in [0.15, 0.2) is 0 Å². The zero-order valence-electron chi connectivity index (χ0n) is 10.1. The highest BCUT2D eigenvalue weighted by atomic mass is 32.2. The average Bonchev–Trinajstić information content (AvgIpc) is 2.39. The molecule has 1 aliphatic heterocycles. The van der Waals surface area contributed by atoms with E-state index in [9.17, 15) is 0 Å². The van der Waals surface area contributed by atoms with Crippen LogP contribution in [-0.2, 0) is 4.74 Å². The molecule has 2 fully saturated rings. The van der Waals surface area contributed by atoms with E-state index in [0.717, 1.165) is 24.2 Å². The molecule has 0 amide bonds. The van der Waals surface area contributed by atoms with Gasteiger partial charge in [-0.2, -0.15) is 24.4 Å². The SMILES string of the molecule is SCC1(CSC2CCCCC2)CCOCC1. The van der Waals surface area contributed by atoms with Gasteiger partial charge in [0.05, 0.1) is 0 Å². The molecule has 2 aliphatic rings. The lowest BCUT2D eigenvalue weighted by molar-refractivity contribution is 0.0370. The summed E-state index contributed by atoms with van der Waals surface area (Å²) in [6.07, 6.45) is 9.70. The Morgan fingerprint density at radius 3 is 2.44 bits per heavy atom. The van der Waals surface area contributed by atoms with Gasteiger partial charge >= 0.3 is 0 Å². The molecule has 1 heterocycles. The van der Waals surface area contributed by atoms with Gasteiger partial charge < -0.3 is 4.74 Å². The van der Waals surface area contributed by atoms with Crippen molar-refractivity contribution in [1.29, 1.82) is 0 Å². The molecule has 16 heavy (non-hydrogen) atoms. The lowest BCUT2D eigenvalue weighted by Gasteiger charge is -2.37. The smallest absolute Gasteiger partial charge is 0.0471 e. The van der Waals surface area contributed by atoms with Crippen LogP contribution in [-0.4, -0.2) is 30.0 Å². The van der Waals surface area contributed by atoms with Crippen molar-refractivity contribution in [3.05, 3.63) is 0 Å². The molecule has 3 heteroatoms. The van der Waals surface area contributed by atoms with Gasteiger partial charge in [0.25, 0.3) is 0 Å². The topological polar surface area (TPSA) is 9.23 Å². The van der Waals surface area contributed by atoms with Gasteiger partial charge in [-0.25, -0.2) is 0 Å². The van der Waals surface area contributed by atoms with Crippen LogP contribution in [0.2, 0.25) is 0 Å². The lowest BCUT2D eigenvalue weighted by Crippen LogP contribution is -2.34. The zero-order chi connectivity index (χ0) is 11.3. The maximum absolute atomic E-state index is 5.48. The van der Waals surface area contributed by atoms with Gasteiger partial charge in [-0.05, 0) is 36.9 Å². The predicted octanol–water partition coefficient (Wildman–Crippen LogP) is 3.78. The fraction of sp³-hybridized carbons (Fsp3) is 1.00. The monoisotopic (exact) mass is 260 g/mol. The van der Waals surface area contributed by atoms with E-state index in [1.807, 2.05) is 0 Å². The summed E-state index contributed by atoms with van der Waals surface area (Å²) in [7, 11) is 0. The molecule has 0 bridgehead atoms. The van der Waals surface area contributed by atoms with Gasteiger partial charge in [-0.1, -0.05) is 19.3 Å². The van der Waals surface area contributed by atoms with Crippen LogP contribution >= 0.6 is 24.4 Å². The van der Waals surface area contributed by atoms with E-state index in [1.165, 1.54) is 50.7 Å². The van der Waals surface area contributed by atoms with Crippen molar-refractivity contribution < 1.29 is 4.74 Å². The standard InChI is InChI=1S/C13H24OS2/c15-10-13(6-8-14-9-7-13)11-16-12-4-2-1-3-5-12/h12,15H,1-11H2. The third-order valence-electron chi connectivity index (χ3n) is 4.07. The van der Waals surface area contributed by atoms with Crippen LogP contribution in [0.4, 0.5) is 0 Å². The van der Waals surface area contributed by atoms with Gasteiger partial charge in [0.1, 0.15) is 0 Å². The highest BCUT2D eigenvalue weighted by Gasteiger charge is 2.32. The first-order valence-corrected chi connectivity index (χ1v) is 8.33. The van der Waals surface area contributed by atoms with Gasteiger partial charge in [-0.3, -0.25) is 0 Å². The molecule has 0 N–H and O–H groups in total. The Morgan fingerprint density at radius 1 is 1.12 bits per heavy atom. The average molecular weight is 260 g/mol. The fourth-order valence-electron chi connectivity index (χ4n) is 2.68. The second kappa shape index (κ2) is 6.55. The molecule has 0 aromatic heterocycles. The molecular formula is C13H24OS2. The summed E-state index contributed by atoms with van der Waals surface area (Å²) in [5.74, 6) is 2.35. The quantitative estimate of drug-likeness (QED) is 0.770. The third-order valence-corrected chi connectivity index (χ3v) is 6.46. The van der Waals surface area contributed by atoms with Crippen molar-refractivity contribution in [3.8, 4) is 0 Å². The Hall–Kier alpha value is 0.660. The predicted molar refractivity (Wildman–Crippen MR) is 75.7 cm³/mol. The first-order chi connectivity index (χ1) is 7.85. The summed E-state index contributed by atoms with van der Waals surface area (Å²) in [6.45, 7) is 1.90. The molecule has 1 saturated heterocycles. The second-order valence-corrected chi connectivity index (χ2v) is 6.95. The maximum atomic E-state index is 5.48. The Bertz CT molecular complexity index is 196. The maximum Gasteiger partial charge on any atom is 0.0471 e. The summed E-state index contributed by atoms with van der Waals surface area (Å²) < 4.78 is 5.48. The van der Waals surface area contributed by atoms with Crippen LogP contribution in [0, 0.1) is 5.41 Å². The molecule has 0 unspecified atom stereocenters. The summed E-state index contributed by atoms with van der Waals surface area (Å²) in [4.78, 5) is 0. The van der Waals surface area contributed by atoms with E-state index < -0.39 is 0 Å². The van der Waals surface area contributed by atoms with Crippen LogP contribution in [0.1, 0.15) is 44.9 Å². The highest BCUT2D eigenvalue weighted by molar-refractivity contribution is 7.99. The van der Waals surface area contributed by atoms with E-state index in [0.29, 0.717) is 5.41 Å². The van der Waals surface area contributed by atoms with Crippen molar-refractivity contribution in [2.75, 3.05) is 24.7 Å². The van der Waals surface area contributed by atoms with Crippen LogP contribution < -0.4 is 0 Å². The number of ether oxygens (including phenoxy) is 1. The van der Waals surface area contributed by atoms with Gasteiger partial charge in [0.2, 0.25) is 0 Å². The van der Waals surface area contributed by atoms with Crippen LogP contribution in [0.5, 0.6) is 0 Å². The summed E-state index contributed by atoms with van der Waals surface area (Å²) in [6, 6.07) is 0. The fourth-order valence-corrected chi connectivity index (χ4v) is 4.90. The summed E-state index contributed by atoms with van der Waals surface area (Å²) in [5, 5.41) is 0.938. The molecule has 1 aliphatic carbocycles. The third kappa shape index (κ3) is 3.58. The van der Waals surface area contributed by atoms with Gasteiger partial charge in [-0.15, -0.1) is 0 Å². The largest absolute Gasteiger partial charge is 0.381 e. The normalized spacial score (nSPS) is 26.8. The van der Waals surface area contributed by atoms with Crippen LogP contribution in [0.25, 0.3) is 0 Å². The van der Waals surface area contributed by atoms with E-state index in [-0.39, 0.29) is 0 Å². The highest BCUT2D eigenvalue weighted by Crippen LogP contribution is 2.39. The Kier molecular flexibility index (Phi) is 5.37. The number of hydrogen-bond donors (Lipinski definition) is 1. The number of rotatable bonds is 4. The molecule has 94 valence electrons. The van der Waals surface area contributed by atoms with Crippen molar-refractivity contribution in [2.24, 2.45) is 5.41 Å².